The molecule has 5 nitrogen and oxygen atoms in total. The SMILES string of the molecule is CC.CNC(C)CCCN1CCC(C(C)=O)N1C=O. The van der Waals surface area contributed by atoms with Crippen LogP contribution in [0.1, 0.15) is 47.0 Å². The molecule has 0 aromatic heterocycles. The Balaban J connectivity index is 0.00000154. The topological polar surface area (TPSA) is 52.7 Å². The van der Waals surface area contributed by atoms with Gasteiger partial charge in [-0.1, -0.05) is 13.8 Å². The van der Waals surface area contributed by atoms with E-state index in [1.54, 1.807) is 11.9 Å². The van der Waals surface area contributed by atoms with Crippen molar-refractivity contribution >= 4 is 12.2 Å². The van der Waals surface area contributed by atoms with Crippen molar-refractivity contribution in [3.05, 3.63) is 0 Å². The number of rotatable bonds is 7. The summed E-state index contributed by atoms with van der Waals surface area (Å²) in [5.41, 5.74) is 0. The van der Waals surface area contributed by atoms with Gasteiger partial charge in [0.1, 0.15) is 6.04 Å². The highest BCUT2D eigenvalue weighted by atomic mass is 16.2. The highest BCUT2D eigenvalue weighted by molar-refractivity contribution is 5.83. The standard InChI is InChI=1S/C12H23N3O2.C2H6/c1-10(13-3)5-4-7-14-8-6-12(11(2)17)15(14)9-16;1-2/h9-10,12-13H,4-8H2,1-3H3;1-2H3. The predicted molar refractivity (Wildman–Crippen MR) is 77.7 cm³/mol. The normalized spacial score (nSPS) is 20.7. The summed E-state index contributed by atoms with van der Waals surface area (Å²) in [6, 6.07) is 0.250. The summed E-state index contributed by atoms with van der Waals surface area (Å²) in [7, 11) is 1.95. The van der Waals surface area contributed by atoms with Crippen LogP contribution in [0.5, 0.6) is 0 Å². The van der Waals surface area contributed by atoms with Crippen molar-refractivity contribution in [2.75, 3.05) is 20.1 Å². The van der Waals surface area contributed by atoms with E-state index in [0.717, 1.165) is 38.8 Å². The van der Waals surface area contributed by atoms with Gasteiger partial charge in [-0.05, 0) is 40.2 Å². The molecule has 2 atom stereocenters. The third-order valence-corrected chi connectivity index (χ3v) is 3.43. The molecule has 1 heterocycles. The minimum atomic E-state index is -0.241. The number of hydrazine groups is 1. The van der Waals surface area contributed by atoms with Crippen molar-refractivity contribution in [2.24, 2.45) is 0 Å². The monoisotopic (exact) mass is 271 g/mol. The Bertz CT molecular complexity index is 271. The molecule has 1 aliphatic heterocycles. The average molecular weight is 271 g/mol. The van der Waals surface area contributed by atoms with Crippen molar-refractivity contribution in [2.45, 2.75) is 59.0 Å². The van der Waals surface area contributed by atoms with Gasteiger partial charge < -0.3 is 5.32 Å². The minimum Gasteiger partial charge on any atom is -0.317 e. The van der Waals surface area contributed by atoms with Crippen LogP contribution in [-0.2, 0) is 9.59 Å². The Morgan fingerprint density at radius 2 is 2.11 bits per heavy atom. The van der Waals surface area contributed by atoms with Crippen molar-refractivity contribution in [3.63, 3.8) is 0 Å². The Morgan fingerprint density at radius 3 is 2.58 bits per heavy atom. The van der Waals surface area contributed by atoms with Gasteiger partial charge in [-0.15, -0.1) is 0 Å². The summed E-state index contributed by atoms with van der Waals surface area (Å²) < 4.78 is 0. The highest BCUT2D eigenvalue weighted by Gasteiger charge is 2.32. The third-order valence-electron chi connectivity index (χ3n) is 3.43. The molecular formula is C14H29N3O2. The van der Waals surface area contributed by atoms with Gasteiger partial charge in [-0.25, -0.2) is 5.01 Å². The average Bonchev–Trinajstić information content (AvgIpc) is 2.84. The lowest BCUT2D eigenvalue weighted by Crippen LogP contribution is -2.43. The lowest BCUT2D eigenvalue weighted by Gasteiger charge is -2.27. The number of ketones is 1. The number of amides is 1. The zero-order chi connectivity index (χ0) is 14.8. The molecule has 1 rings (SSSR count). The molecule has 0 aromatic carbocycles. The van der Waals surface area contributed by atoms with Crippen LogP contribution in [0.15, 0.2) is 0 Å². The molecule has 0 aromatic rings. The van der Waals surface area contributed by atoms with Gasteiger partial charge in [0.15, 0.2) is 5.78 Å². The molecule has 0 spiro atoms. The zero-order valence-corrected chi connectivity index (χ0v) is 13.0. The fraction of sp³-hybridized carbons (Fsp3) is 0.857. The first-order valence-corrected chi connectivity index (χ1v) is 7.26. The van der Waals surface area contributed by atoms with Crippen LogP contribution in [-0.4, -0.2) is 54.4 Å². The predicted octanol–water partition coefficient (Wildman–Crippen LogP) is 1.44. The fourth-order valence-electron chi connectivity index (χ4n) is 2.20. The highest BCUT2D eigenvalue weighted by Crippen LogP contribution is 2.18. The molecule has 0 radical (unpaired) electrons. The number of Topliss-reactive ketones (excluding diaryl/α,β-unsaturated/α-hetero) is 1. The van der Waals surface area contributed by atoms with Gasteiger partial charge in [0, 0.05) is 19.1 Å². The van der Waals surface area contributed by atoms with Crippen molar-refractivity contribution in [1.82, 2.24) is 15.3 Å². The van der Waals surface area contributed by atoms with Crippen LogP contribution < -0.4 is 5.32 Å². The first-order valence-electron chi connectivity index (χ1n) is 7.26. The molecule has 1 fully saturated rings. The van der Waals surface area contributed by atoms with Gasteiger partial charge >= 0.3 is 0 Å². The quantitative estimate of drug-likeness (QED) is 0.712. The van der Waals surface area contributed by atoms with Gasteiger partial charge in [-0.3, -0.25) is 14.6 Å². The molecule has 0 bridgehead atoms. The molecule has 0 aliphatic carbocycles. The van der Waals surface area contributed by atoms with Crippen molar-refractivity contribution in [3.8, 4) is 0 Å². The number of hydrogen-bond acceptors (Lipinski definition) is 4. The summed E-state index contributed by atoms with van der Waals surface area (Å²) in [6.45, 7) is 9.33. The smallest absolute Gasteiger partial charge is 0.224 e. The molecule has 1 aliphatic rings. The fourth-order valence-corrected chi connectivity index (χ4v) is 2.20. The number of hydrogen-bond donors (Lipinski definition) is 1. The Morgan fingerprint density at radius 1 is 1.47 bits per heavy atom. The largest absolute Gasteiger partial charge is 0.317 e. The first kappa shape index (κ1) is 18.1. The van der Waals surface area contributed by atoms with Crippen LogP contribution in [0.3, 0.4) is 0 Å². The van der Waals surface area contributed by atoms with E-state index in [0.29, 0.717) is 6.04 Å². The number of nitrogens with one attached hydrogen (secondary N) is 1. The Labute approximate surface area is 117 Å². The van der Waals surface area contributed by atoms with E-state index < -0.39 is 0 Å². The Kier molecular flexibility index (Phi) is 9.43. The van der Waals surface area contributed by atoms with E-state index in [1.807, 2.05) is 25.9 Å². The molecular weight excluding hydrogens is 242 g/mol. The lowest BCUT2D eigenvalue weighted by atomic mass is 10.1. The number of carbonyl (C=O) groups excluding carboxylic acids is 2. The second kappa shape index (κ2) is 9.92. The van der Waals surface area contributed by atoms with E-state index in [1.165, 1.54) is 0 Å². The van der Waals surface area contributed by atoms with Crippen LogP contribution in [0.4, 0.5) is 0 Å². The van der Waals surface area contributed by atoms with Crippen LogP contribution in [0, 0.1) is 0 Å². The first-order chi connectivity index (χ1) is 9.10. The molecule has 19 heavy (non-hydrogen) atoms. The third kappa shape index (κ3) is 5.70. The summed E-state index contributed by atoms with van der Waals surface area (Å²) in [6.07, 6.45) is 3.64. The second-order valence-electron chi connectivity index (χ2n) is 4.69. The minimum absolute atomic E-state index is 0.0724. The van der Waals surface area contributed by atoms with Crippen molar-refractivity contribution < 1.29 is 9.59 Å². The molecule has 1 amide bonds. The number of nitrogens with zero attached hydrogens (tertiary/aromatic N) is 2. The Hall–Kier alpha value is -0.940. The van der Waals surface area contributed by atoms with E-state index >= 15 is 0 Å². The maximum Gasteiger partial charge on any atom is 0.224 e. The maximum atomic E-state index is 11.4. The van der Waals surface area contributed by atoms with Crippen LogP contribution >= 0.6 is 0 Å². The summed E-state index contributed by atoms with van der Waals surface area (Å²) in [5, 5.41) is 6.74. The summed E-state index contributed by atoms with van der Waals surface area (Å²) in [5.74, 6) is 0.0724. The number of carbonyl (C=O) groups is 2. The van der Waals surface area contributed by atoms with Gasteiger partial charge in [0.2, 0.25) is 6.41 Å². The van der Waals surface area contributed by atoms with E-state index in [2.05, 4.69) is 12.2 Å². The van der Waals surface area contributed by atoms with Gasteiger partial charge in [0.05, 0.1) is 0 Å². The molecule has 2 unspecified atom stereocenters. The van der Waals surface area contributed by atoms with Gasteiger partial charge in [-0.2, -0.15) is 0 Å². The lowest BCUT2D eigenvalue weighted by molar-refractivity contribution is -0.140. The molecule has 0 saturated carbocycles. The van der Waals surface area contributed by atoms with E-state index in [-0.39, 0.29) is 11.8 Å². The van der Waals surface area contributed by atoms with Crippen LogP contribution in [0.2, 0.25) is 0 Å². The summed E-state index contributed by atoms with van der Waals surface area (Å²) in [4.78, 5) is 22.4. The van der Waals surface area contributed by atoms with E-state index in [9.17, 15) is 9.59 Å². The van der Waals surface area contributed by atoms with Gasteiger partial charge in [0.25, 0.3) is 0 Å². The maximum absolute atomic E-state index is 11.4. The van der Waals surface area contributed by atoms with E-state index in [4.69, 9.17) is 0 Å². The molecule has 5 heteroatoms. The van der Waals surface area contributed by atoms with Crippen molar-refractivity contribution in [1.29, 1.82) is 0 Å². The molecule has 112 valence electrons. The second-order valence-corrected chi connectivity index (χ2v) is 4.69. The zero-order valence-electron chi connectivity index (χ0n) is 13.0. The molecule has 1 saturated heterocycles. The molecule has 1 N–H and O–H groups in total. The van der Waals surface area contributed by atoms with Crippen LogP contribution in [0.25, 0.3) is 0 Å². The summed E-state index contributed by atoms with van der Waals surface area (Å²) >= 11 is 0.